The van der Waals surface area contributed by atoms with Crippen molar-refractivity contribution in [1.29, 1.82) is 0 Å². The Morgan fingerprint density at radius 3 is 2.55 bits per heavy atom. The minimum Gasteiger partial charge on any atom is -0.379 e. The molecular formula is C12H14ClN3O2S2. The second kappa shape index (κ2) is 6.53. The molecule has 0 fully saturated rings. The average molecular weight is 332 g/mol. The van der Waals surface area contributed by atoms with E-state index in [1.54, 1.807) is 37.4 Å². The summed E-state index contributed by atoms with van der Waals surface area (Å²) >= 11 is 7.20. The minimum absolute atomic E-state index is 0.252. The Kier molecular flexibility index (Phi) is 4.98. The number of thiazole rings is 1. The first-order valence-corrected chi connectivity index (χ1v) is 8.63. The van der Waals surface area contributed by atoms with Crippen molar-refractivity contribution in [1.82, 2.24) is 9.71 Å². The van der Waals surface area contributed by atoms with Crippen LogP contribution >= 0.6 is 22.9 Å². The van der Waals surface area contributed by atoms with Crippen LogP contribution in [0.25, 0.3) is 0 Å². The fourth-order valence-corrected chi connectivity index (χ4v) is 3.51. The Morgan fingerprint density at radius 1 is 1.30 bits per heavy atom. The van der Waals surface area contributed by atoms with Gasteiger partial charge in [0, 0.05) is 12.2 Å². The number of sulfonamides is 1. The van der Waals surface area contributed by atoms with Gasteiger partial charge in [0.05, 0.1) is 17.6 Å². The molecule has 5 nitrogen and oxygen atoms in total. The topological polar surface area (TPSA) is 71.1 Å². The molecule has 1 aromatic carbocycles. The predicted octanol–water partition coefficient (Wildman–Crippen LogP) is 2.71. The lowest BCUT2D eigenvalue weighted by Gasteiger charge is -2.07. The molecule has 20 heavy (non-hydrogen) atoms. The monoisotopic (exact) mass is 331 g/mol. The van der Waals surface area contributed by atoms with Gasteiger partial charge in [-0.05, 0) is 24.3 Å². The van der Waals surface area contributed by atoms with Crippen molar-refractivity contribution in [3.05, 3.63) is 39.8 Å². The lowest BCUT2D eigenvalue weighted by Crippen LogP contribution is -2.23. The molecule has 0 bridgehead atoms. The van der Waals surface area contributed by atoms with Crippen LogP contribution in [0.15, 0.2) is 35.4 Å². The molecule has 108 valence electrons. The van der Waals surface area contributed by atoms with Crippen LogP contribution in [-0.4, -0.2) is 19.9 Å². The van der Waals surface area contributed by atoms with E-state index in [0.717, 1.165) is 10.7 Å². The second-order valence-corrected chi connectivity index (χ2v) is 7.45. The van der Waals surface area contributed by atoms with E-state index in [0.29, 0.717) is 17.4 Å². The lowest BCUT2D eigenvalue weighted by atomic mass is 10.3. The summed E-state index contributed by atoms with van der Waals surface area (Å²) in [5.74, 6) is 0. The summed E-state index contributed by atoms with van der Waals surface area (Å²) in [6.45, 7) is 2.66. The van der Waals surface area contributed by atoms with Crippen LogP contribution in [0.3, 0.4) is 0 Å². The number of rotatable bonds is 6. The van der Waals surface area contributed by atoms with Gasteiger partial charge < -0.3 is 5.32 Å². The zero-order valence-corrected chi connectivity index (χ0v) is 13.1. The van der Waals surface area contributed by atoms with Gasteiger partial charge in [-0.2, -0.15) is 0 Å². The van der Waals surface area contributed by atoms with Crippen molar-refractivity contribution >= 4 is 38.6 Å². The van der Waals surface area contributed by atoms with Crippen LogP contribution < -0.4 is 10.0 Å². The maximum absolute atomic E-state index is 11.8. The number of anilines is 1. The fraction of sp³-hybridized carbons (Fsp3) is 0.250. The molecule has 0 unspecified atom stereocenters. The first kappa shape index (κ1) is 15.2. The number of hydrogen-bond acceptors (Lipinski definition) is 5. The SMILES string of the molecule is CCNS(=O)(=O)c1ccc(NCc2ncc(Cl)s2)cc1. The quantitative estimate of drug-likeness (QED) is 0.853. The lowest BCUT2D eigenvalue weighted by molar-refractivity contribution is 0.584. The Bertz CT molecular complexity index is 668. The van der Waals surface area contributed by atoms with Crippen LogP contribution in [0.1, 0.15) is 11.9 Å². The molecule has 0 saturated heterocycles. The maximum atomic E-state index is 11.8. The zero-order chi connectivity index (χ0) is 14.6. The summed E-state index contributed by atoms with van der Waals surface area (Å²) in [6.07, 6.45) is 1.61. The number of nitrogens with zero attached hydrogens (tertiary/aromatic N) is 1. The highest BCUT2D eigenvalue weighted by Crippen LogP contribution is 2.20. The van der Waals surface area contributed by atoms with Gasteiger partial charge in [-0.1, -0.05) is 18.5 Å². The van der Waals surface area contributed by atoms with Crippen molar-refractivity contribution in [2.24, 2.45) is 0 Å². The predicted molar refractivity (Wildman–Crippen MR) is 81.8 cm³/mol. The number of hydrogen-bond donors (Lipinski definition) is 2. The standard InChI is InChI=1S/C12H14ClN3O2S2/c1-2-16-20(17,18)10-5-3-9(4-6-10)14-8-12-15-7-11(13)19-12/h3-7,14,16H,2,8H2,1H3. The highest BCUT2D eigenvalue weighted by Gasteiger charge is 2.11. The number of benzene rings is 1. The van der Waals surface area contributed by atoms with Crippen molar-refractivity contribution < 1.29 is 8.42 Å². The van der Waals surface area contributed by atoms with E-state index in [4.69, 9.17) is 11.6 Å². The van der Waals surface area contributed by atoms with Gasteiger partial charge in [-0.15, -0.1) is 11.3 Å². The Hall–Kier alpha value is -1.15. The third-order valence-electron chi connectivity index (χ3n) is 2.47. The molecule has 2 N–H and O–H groups in total. The minimum atomic E-state index is -3.40. The van der Waals surface area contributed by atoms with Gasteiger partial charge >= 0.3 is 0 Å². The summed E-state index contributed by atoms with van der Waals surface area (Å²) in [6, 6.07) is 6.57. The van der Waals surface area contributed by atoms with E-state index in [1.165, 1.54) is 11.3 Å². The van der Waals surface area contributed by atoms with E-state index in [-0.39, 0.29) is 4.90 Å². The van der Waals surface area contributed by atoms with Crippen LogP contribution in [0.2, 0.25) is 4.34 Å². The molecule has 0 atom stereocenters. The van der Waals surface area contributed by atoms with Crippen LogP contribution in [0, 0.1) is 0 Å². The first-order chi connectivity index (χ1) is 9.51. The van der Waals surface area contributed by atoms with E-state index in [9.17, 15) is 8.42 Å². The summed E-state index contributed by atoms with van der Waals surface area (Å²) in [4.78, 5) is 4.38. The van der Waals surface area contributed by atoms with Gasteiger partial charge in [0.25, 0.3) is 0 Å². The van der Waals surface area contributed by atoms with E-state index < -0.39 is 10.0 Å². The van der Waals surface area contributed by atoms with Gasteiger partial charge in [0.2, 0.25) is 10.0 Å². The van der Waals surface area contributed by atoms with Crippen molar-refractivity contribution in [3.8, 4) is 0 Å². The van der Waals surface area contributed by atoms with Gasteiger partial charge in [-0.25, -0.2) is 18.1 Å². The van der Waals surface area contributed by atoms with Gasteiger partial charge in [0.1, 0.15) is 9.34 Å². The normalized spacial score (nSPS) is 11.5. The van der Waals surface area contributed by atoms with E-state index in [1.807, 2.05) is 0 Å². The van der Waals surface area contributed by atoms with Crippen molar-refractivity contribution in [2.45, 2.75) is 18.4 Å². The molecule has 0 spiro atoms. The Labute approximate surface area is 127 Å². The van der Waals surface area contributed by atoms with E-state index in [2.05, 4.69) is 15.0 Å². The summed E-state index contributed by atoms with van der Waals surface area (Å²) in [5, 5.41) is 4.03. The van der Waals surface area contributed by atoms with Crippen LogP contribution in [-0.2, 0) is 16.6 Å². The summed E-state index contributed by atoms with van der Waals surface area (Å²) in [7, 11) is -3.40. The zero-order valence-electron chi connectivity index (χ0n) is 10.8. The van der Waals surface area contributed by atoms with Crippen LogP contribution in [0.4, 0.5) is 5.69 Å². The highest BCUT2D eigenvalue weighted by molar-refractivity contribution is 7.89. The molecule has 0 amide bonds. The molecule has 8 heteroatoms. The average Bonchev–Trinajstić information content (AvgIpc) is 2.83. The number of halogens is 1. The third kappa shape index (κ3) is 3.92. The summed E-state index contributed by atoms with van der Waals surface area (Å²) in [5.41, 5.74) is 0.826. The fourth-order valence-electron chi connectivity index (χ4n) is 1.57. The molecule has 0 aliphatic carbocycles. The molecule has 0 aliphatic rings. The van der Waals surface area contributed by atoms with Crippen LogP contribution in [0.5, 0.6) is 0 Å². The summed E-state index contributed by atoms with van der Waals surface area (Å²) < 4.78 is 26.6. The largest absolute Gasteiger partial charge is 0.379 e. The number of aromatic nitrogens is 1. The molecule has 0 radical (unpaired) electrons. The molecule has 1 aromatic heterocycles. The molecule has 2 rings (SSSR count). The molecule has 0 aliphatic heterocycles. The molecule has 1 heterocycles. The van der Waals surface area contributed by atoms with Gasteiger partial charge in [-0.3, -0.25) is 0 Å². The smallest absolute Gasteiger partial charge is 0.240 e. The van der Waals surface area contributed by atoms with Gasteiger partial charge in [0.15, 0.2) is 0 Å². The number of nitrogens with one attached hydrogen (secondary N) is 2. The first-order valence-electron chi connectivity index (χ1n) is 5.95. The van der Waals surface area contributed by atoms with Crippen molar-refractivity contribution in [2.75, 3.05) is 11.9 Å². The Balaban J connectivity index is 2.01. The van der Waals surface area contributed by atoms with E-state index >= 15 is 0 Å². The maximum Gasteiger partial charge on any atom is 0.240 e. The third-order valence-corrected chi connectivity index (χ3v) is 5.14. The molecular weight excluding hydrogens is 318 g/mol. The molecule has 0 saturated carbocycles. The van der Waals surface area contributed by atoms with Crippen molar-refractivity contribution in [3.63, 3.8) is 0 Å². The highest BCUT2D eigenvalue weighted by atomic mass is 35.5. The second-order valence-electron chi connectivity index (χ2n) is 3.94. The Morgan fingerprint density at radius 2 is 2.00 bits per heavy atom. The molecule has 2 aromatic rings.